The molecule has 0 spiro atoms. The number of nitrogens with one attached hydrogen (secondary N) is 1. The standard InChI is InChI=1S/C34H43N3O4S/c1-4-32(34(39)35-29-15-9-6-10-16-29)36(23-22-28-13-7-5-8-14-28)33(38)25-37(30-17-11-12-27(3)24-30)42(40,41)31-20-18-26(2)19-21-31/h5,7-8,11-14,17-21,24,29,32H,4,6,9-10,15-16,22-23,25H2,1-3H3,(H,35,39). The molecule has 8 heteroatoms. The van der Waals surface area contributed by atoms with Crippen LogP contribution < -0.4 is 9.62 Å². The molecule has 0 saturated heterocycles. The Morgan fingerprint density at radius 3 is 2.21 bits per heavy atom. The van der Waals surface area contributed by atoms with Crippen LogP contribution in [0.5, 0.6) is 0 Å². The minimum Gasteiger partial charge on any atom is -0.352 e. The molecule has 1 aliphatic carbocycles. The molecule has 4 rings (SSSR count). The molecule has 224 valence electrons. The second-order valence-electron chi connectivity index (χ2n) is 11.3. The molecular weight excluding hydrogens is 546 g/mol. The van der Waals surface area contributed by atoms with Crippen molar-refractivity contribution in [2.45, 2.75) is 82.7 Å². The van der Waals surface area contributed by atoms with E-state index in [0.29, 0.717) is 25.1 Å². The summed E-state index contributed by atoms with van der Waals surface area (Å²) in [6, 6.07) is 23.0. The summed E-state index contributed by atoms with van der Waals surface area (Å²) in [5.41, 5.74) is 3.27. The van der Waals surface area contributed by atoms with E-state index in [-0.39, 0.29) is 16.8 Å². The van der Waals surface area contributed by atoms with Crippen molar-refractivity contribution in [3.8, 4) is 0 Å². The number of aryl methyl sites for hydroxylation is 2. The Bertz CT molecular complexity index is 1440. The van der Waals surface area contributed by atoms with Crippen molar-refractivity contribution in [1.82, 2.24) is 10.2 Å². The predicted octanol–water partition coefficient (Wildman–Crippen LogP) is 5.80. The van der Waals surface area contributed by atoms with Gasteiger partial charge in [0.1, 0.15) is 12.6 Å². The number of carbonyl (C=O) groups excluding carboxylic acids is 2. The van der Waals surface area contributed by atoms with Gasteiger partial charge in [-0.15, -0.1) is 0 Å². The highest BCUT2D eigenvalue weighted by Gasteiger charge is 2.34. The Hall–Kier alpha value is -3.65. The number of rotatable bonds is 12. The molecule has 1 unspecified atom stereocenters. The molecule has 1 N–H and O–H groups in total. The molecule has 1 aliphatic rings. The summed E-state index contributed by atoms with van der Waals surface area (Å²) in [5.74, 6) is -0.580. The van der Waals surface area contributed by atoms with Crippen LogP contribution in [0.1, 0.15) is 62.1 Å². The molecule has 0 radical (unpaired) electrons. The van der Waals surface area contributed by atoms with Crippen LogP contribution in [0.25, 0.3) is 0 Å². The Morgan fingerprint density at radius 2 is 1.57 bits per heavy atom. The zero-order valence-electron chi connectivity index (χ0n) is 25.0. The average Bonchev–Trinajstić information content (AvgIpc) is 2.99. The molecule has 7 nitrogen and oxygen atoms in total. The number of nitrogens with zero attached hydrogens (tertiary/aromatic N) is 2. The van der Waals surface area contributed by atoms with Crippen LogP contribution in [0.15, 0.2) is 83.8 Å². The highest BCUT2D eigenvalue weighted by Crippen LogP contribution is 2.26. The normalized spacial score (nSPS) is 14.6. The van der Waals surface area contributed by atoms with Crippen LogP contribution in [0.2, 0.25) is 0 Å². The number of sulfonamides is 1. The molecule has 0 heterocycles. The quantitative estimate of drug-likeness (QED) is 0.289. The van der Waals surface area contributed by atoms with Gasteiger partial charge in [0.25, 0.3) is 10.0 Å². The van der Waals surface area contributed by atoms with Crippen LogP contribution in [-0.2, 0) is 26.0 Å². The van der Waals surface area contributed by atoms with E-state index in [0.717, 1.165) is 42.4 Å². The van der Waals surface area contributed by atoms with Crippen molar-refractivity contribution in [2.24, 2.45) is 0 Å². The number of carbonyl (C=O) groups is 2. The summed E-state index contributed by atoms with van der Waals surface area (Å²) >= 11 is 0. The van der Waals surface area contributed by atoms with E-state index in [2.05, 4.69) is 5.32 Å². The average molecular weight is 590 g/mol. The van der Waals surface area contributed by atoms with Gasteiger partial charge >= 0.3 is 0 Å². The predicted molar refractivity (Wildman–Crippen MR) is 168 cm³/mol. The van der Waals surface area contributed by atoms with Gasteiger partial charge < -0.3 is 10.2 Å². The molecule has 0 aliphatic heterocycles. The largest absolute Gasteiger partial charge is 0.352 e. The summed E-state index contributed by atoms with van der Waals surface area (Å²) in [6.07, 6.45) is 6.20. The Balaban J connectivity index is 1.66. The fraction of sp³-hybridized carbons (Fsp3) is 0.412. The minimum atomic E-state index is -4.07. The van der Waals surface area contributed by atoms with E-state index in [1.165, 1.54) is 10.7 Å². The number of anilines is 1. The Kier molecular flexibility index (Phi) is 10.8. The molecule has 3 aromatic carbocycles. The van der Waals surface area contributed by atoms with Crippen LogP contribution in [-0.4, -0.2) is 50.3 Å². The van der Waals surface area contributed by atoms with Gasteiger partial charge in [-0.25, -0.2) is 8.42 Å². The molecule has 42 heavy (non-hydrogen) atoms. The summed E-state index contributed by atoms with van der Waals surface area (Å²) in [6.45, 7) is 5.56. The van der Waals surface area contributed by atoms with Crippen LogP contribution in [0.4, 0.5) is 5.69 Å². The maximum atomic E-state index is 14.2. The number of hydrogen-bond donors (Lipinski definition) is 1. The molecular formula is C34H43N3O4S. The van der Waals surface area contributed by atoms with E-state index < -0.39 is 28.5 Å². The van der Waals surface area contributed by atoms with Gasteiger partial charge in [-0.1, -0.05) is 86.3 Å². The Morgan fingerprint density at radius 1 is 0.881 bits per heavy atom. The zero-order valence-corrected chi connectivity index (χ0v) is 25.8. The second kappa shape index (κ2) is 14.5. The number of hydrogen-bond acceptors (Lipinski definition) is 4. The first-order chi connectivity index (χ1) is 20.2. The summed E-state index contributed by atoms with van der Waals surface area (Å²) in [4.78, 5) is 29.5. The van der Waals surface area contributed by atoms with E-state index >= 15 is 0 Å². The van der Waals surface area contributed by atoms with Crippen LogP contribution in [0.3, 0.4) is 0 Å². The van der Waals surface area contributed by atoms with Gasteiger partial charge in [0.2, 0.25) is 11.8 Å². The summed E-state index contributed by atoms with van der Waals surface area (Å²) in [5, 5.41) is 3.19. The van der Waals surface area contributed by atoms with Crippen LogP contribution in [0, 0.1) is 13.8 Å². The molecule has 0 aromatic heterocycles. The van der Waals surface area contributed by atoms with Gasteiger partial charge in [-0.2, -0.15) is 0 Å². The number of amides is 2. The number of benzene rings is 3. The summed E-state index contributed by atoms with van der Waals surface area (Å²) in [7, 11) is -4.07. The molecule has 3 aromatic rings. The topological polar surface area (TPSA) is 86.8 Å². The highest BCUT2D eigenvalue weighted by molar-refractivity contribution is 7.92. The maximum absolute atomic E-state index is 14.2. The monoisotopic (exact) mass is 589 g/mol. The molecule has 2 amide bonds. The lowest BCUT2D eigenvalue weighted by Crippen LogP contribution is -2.54. The lowest BCUT2D eigenvalue weighted by molar-refractivity contribution is -0.140. The maximum Gasteiger partial charge on any atom is 0.264 e. The van der Waals surface area contributed by atoms with Gasteiger partial charge in [0.05, 0.1) is 10.6 Å². The van der Waals surface area contributed by atoms with Crippen LogP contribution >= 0.6 is 0 Å². The fourth-order valence-electron chi connectivity index (χ4n) is 5.59. The third-order valence-corrected chi connectivity index (χ3v) is 9.79. The molecule has 0 bridgehead atoms. The second-order valence-corrected chi connectivity index (χ2v) is 13.1. The third kappa shape index (κ3) is 8.00. The highest BCUT2D eigenvalue weighted by atomic mass is 32.2. The van der Waals surface area contributed by atoms with Gasteiger partial charge in [-0.05, 0) is 74.9 Å². The first-order valence-corrected chi connectivity index (χ1v) is 16.4. The van der Waals surface area contributed by atoms with Crippen molar-refractivity contribution >= 4 is 27.5 Å². The smallest absolute Gasteiger partial charge is 0.264 e. The lowest BCUT2D eigenvalue weighted by atomic mass is 9.95. The van der Waals surface area contributed by atoms with Crippen molar-refractivity contribution in [3.05, 3.63) is 95.6 Å². The van der Waals surface area contributed by atoms with Crippen molar-refractivity contribution in [1.29, 1.82) is 0 Å². The molecule has 1 fully saturated rings. The SMILES string of the molecule is CCC(C(=O)NC1CCCCC1)N(CCc1ccccc1)C(=O)CN(c1cccc(C)c1)S(=O)(=O)c1ccc(C)cc1. The molecule has 1 atom stereocenters. The van der Waals surface area contributed by atoms with E-state index in [1.54, 1.807) is 47.4 Å². The van der Waals surface area contributed by atoms with Gasteiger partial charge in [0.15, 0.2) is 0 Å². The van der Waals surface area contributed by atoms with Gasteiger partial charge in [0, 0.05) is 12.6 Å². The van der Waals surface area contributed by atoms with Gasteiger partial charge in [-0.3, -0.25) is 13.9 Å². The van der Waals surface area contributed by atoms with Crippen molar-refractivity contribution in [3.63, 3.8) is 0 Å². The first-order valence-electron chi connectivity index (χ1n) is 15.0. The lowest BCUT2D eigenvalue weighted by Gasteiger charge is -2.34. The first kappa shape index (κ1) is 31.3. The summed E-state index contributed by atoms with van der Waals surface area (Å²) < 4.78 is 29.2. The minimum absolute atomic E-state index is 0.108. The van der Waals surface area contributed by atoms with E-state index in [9.17, 15) is 18.0 Å². The van der Waals surface area contributed by atoms with E-state index in [4.69, 9.17) is 0 Å². The van der Waals surface area contributed by atoms with Crippen molar-refractivity contribution < 1.29 is 18.0 Å². The van der Waals surface area contributed by atoms with E-state index in [1.807, 2.05) is 57.2 Å². The zero-order chi connectivity index (χ0) is 30.1. The fourth-order valence-corrected chi connectivity index (χ4v) is 7.00. The molecule has 1 saturated carbocycles. The van der Waals surface area contributed by atoms with Crippen molar-refractivity contribution in [2.75, 3.05) is 17.4 Å². The third-order valence-electron chi connectivity index (χ3n) is 8.00. The Labute approximate surface area is 251 Å².